The van der Waals surface area contributed by atoms with Crippen LogP contribution >= 0.6 is 11.6 Å². The second-order valence-electron chi connectivity index (χ2n) is 6.82. The Morgan fingerprint density at radius 1 is 1.13 bits per heavy atom. The number of carbonyl (C=O) groups is 1. The number of benzene rings is 2. The molecule has 0 saturated carbocycles. The number of anilines is 1. The van der Waals surface area contributed by atoms with E-state index in [1.165, 1.54) is 0 Å². The van der Waals surface area contributed by atoms with E-state index in [-0.39, 0.29) is 12.3 Å². The molecule has 0 bridgehead atoms. The molecular weight excluding hydrogens is 418 g/mol. The van der Waals surface area contributed by atoms with Crippen LogP contribution in [0.1, 0.15) is 21.9 Å². The first kappa shape index (κ1) is 20.8. The number of nitrogens with zero attached hydrogens (tertiary/aromatic N) is 4. The van der Waals surface area contributed by atoms with E-state index in [2.05, 4.69) is 20.6 Å². The molecule has 2 aromatic heterocycles. The van der Waals surface area contributed by atoms with Crippen molar-refractivity contribution >= 4 is 28.8 Å². The van der Waals surface area contributed by atoms with Gasteiger partial charge in [-0.1, -0.05) is 29.8 Å². The summed E-state index contributed by atoms with van der Waals surface area (Å²) in [6.07, 6.45) is 0. The molecule has 0 atom stereocenters. The molecule has 2 aromatic carbocycles. The number of carbonyl (C=O) groups excluding carboxylic acids is 1. The summed E-state index contributed by atoms with van der Waals surface area (Å²) in [5.41, 5.74) is 4.11. The lowest BCUT2D eigenvalue weighted by Gasteiger charge is -2.09. The predicted octanol–water partition coefficient (Wildman–Crippen LogP) is 4.16. The van der Waals surface area contributed by atoms with Crippen molar-refractivity contribution in [1.29, 1.82) is 0 Å². The van der Waals surface area contributed by atoms with Crippen LogP contribution in [0.2, 0.25) is 5.02 Å². The lowest BCUT2D eigenvalue weighted by Crippen LogP contribution is -2.18. The number of fused-ring (bicyclic) bond motifs is 1. The zero-order chi connectivity index (χ0) is 22.0. The number of methoxy groups -OCH3 is 2. The van der Waals surface area contributed by atoms with E-state index >= 15 is 0 Å². The Morgan fingerprint density at radius 2 is 1.94 bits per heavy atom. The molecule has 1 amide bonds. The summed E-state index contributed by atoms with van der Waals surface area (Å²) in [7, 11) is 3.16. The molecule has 9 heteroatoms. The third-order valence-electron chi connectivity index (χ3n) is 4.78. The molecule has 0 saturated heterocycles. The molecule has 0 aliphatic carbocycles. The van der Waals surface area contributed by atoms with E-state index in [0.29, 0.717) is 33.5 Å². The average molecular weight is 438 g/mol. The first-order valence-electron chi connectivity index (χ1n) is 9.47. The van der Waals surface area contributed by atoms with E-state index in [0.717, 1.165) is 11.1 Å². The molecule has 0 aliphatic rings. The summed E-state index contributed by atoms with van der Waals surface area (Å²) in [6.45, 7) is 2.05. The minimum absolute atomic E-state index is 0.166. The van der Waals surface area contributed by atoms with Crippen molar-refractivity contribution in [3.8, 4) is 16.9 Å². The van der Waals surface area contributed by atoms with Gasteiger partial charge in [0.25, 0.3) is 5.91 Å². The molecule has 2 heterocycles. The van der Waals surface area contributed by atoms with Crippen LogP contribution in [0, 0.1) is 6.92 Å². The monoisotopic (exact) mass is 437 g/mol. The van der Waals surface area contributed by atoms with E-state index in [1.54, 1.807) is 56.0 Å². The van der Waals surface area contributed by atoms with Crippen molar-refractivity contribution < 1.29 is 14.3 Å². The quantitative estimate of drug-likeness (QED) is 0.487. The van der Waals surface area contributed by atoms with Gasteiger partial charge in [-0.3, -0.25) is 4.79 Å². The molecule has 0 spiro atoms. The standard InChI is InChI=1S/C22H20ClN5O3/c1-13-20(22(29)24-16-8-5-9-17(11-16)31-3)25-26-21-19(14-6-4-7-15(23)10-14)18(12-30-2)27-28(13)21/h4-11H,12H2,1-3H3,(H,24,29). The molecule has 4 rings (SSSR count). The molecule has 4 aromatic rings. The van der Waals surface area contributed by atoms with Gasteiger partial charge >= 0.3 is 0 Å². The molecule has 31 heavy (non-hydrogen) atoms. The Morgan fingerprint density at radius 3 is 2.68 bits per heavy atom. The van der Waals surface area contributed by atoms with E-state index in [4.69, 9.17) is 21.1 Å². The van der Waals surface area contributed by atoms with E-state index < -0.39 is 5.91 Å². The maximum Gasteiger partial charge on any atom is 0.278 e. The lowest BCUT2D eigenvalue weighted by molar-refractivity contribution is 0.102. The van der Waals surface area contributed by atoms with Gasteiger partial charge in [-0.15, -0.1) is 10.2 Å². The summed E-state index contributed by atoms with van der Waals surface area (Å²) >= 11 is 6.18. The number of hydrogen-bond donors (Lipinski definition) is 1. The van der Waals surface area contributed by atoms with Crippen LogP contribution in [0.5, 0.6) is 5.75 Å². The fourth-order valence-corrected chi connectivity index (χ4v) is 3.52. The minimum Gasteiger partial charge on any atom is -0.497 e. The minimum atomic E-state index is -0.395. The number of aryl methyl sites for hydroxylation is 1. The van der Waals surface area contributed by atoms with Crippen molar-refractivity contribution in [2.45, 2.75) is 13.5 Å². The summed E-state index contributed by atoms with van der Waals surface area (Å²) in [5.74, 6) is 0.242. The number of halogens is 1. The van der Waals surface area contributed by atoms with Gasteiger partial charge in [-0.25, -0.2) is 4.52 Å². The maximum absolute atomic E-state index is 12.9. The maximum atomic E-state index is 12.9. The highest BCUT2D eigenvalue weighted by Gasteiger charge is 2.22. The third kappa shape index (κ3) is 4.08. The molecule has 0 unspecified atom stereocenters. The molecule has 0 fully saturated rings. The topological polar surface area (TPSA) is 90.6 Å². The summed E-state index contributed by atoms with van der Waals surface area (Å²) in [4.78, 5) is 12.9. The molecule has 0 radical (unpaired) electrons. The van der Waals surface area contributed by atoms with Gasteiger partial charge in [0.15, 0.2) is 11.3 Å². The van der Waals surface area contributed by atoms with Gasteiger partial charge < -0.3 is 14.8 Å². The summed E-state index contributed by atoms with van der Waals surface area (Å²) < 4.78 is 12.1. The molecule has 1 N–H and O–H groups in total. The van der Waals surface area contributed by atoms with Crippen LogP contribution in [0.4, 0.5) is 5.69 Å². The zero-order valence-corrected chi connectivity index (χ0v) is 18.0. The van der Waals surface area contributed by atoms with E-state index in [9.17, 15) is 4.79 Å². The van der Waals surface area contributed by atoms with Crippen molar-refractivity contribution in [3.05, 3.63) is 70.6 Å². The third-order valence-corrected chi connectivity index (χ3v) is 5.01. The summed E-state index contributed by atoms with van der Waals surface area (Å²) in [5, 5.41) is 16.6. The van der Waals surface area contributed by atoms with Crippen molar-refractivity contribution in [2.24, 2.45) is 0 Å². The van der Waals surface area contributed by atoms with Gasteiger partial charge in [0.2, 0.25) is 0 Å². The van der Waals surface area contributed by atoms with Crippen LogP contribution in [0.15, 0.2) is 48.5 Å². The van der Waals surface area contributed by atoms with Gasteiger partial charge in [0.05, 0.1) is 30.7 Å². The normalized spacial score (nSPS) is 11.0. The van der Waals surface area contributed by atoms with Crippen LogP contribution in [0.3, 0.4) is 0 Å². The highest BCUT2D eigenvalue weighted by molar-refractivity contribution is 6.30. The van der Waals surface area contributed by atoms with Gasteiger partial charge in [-0.05, 0) is 36.8 Å². The number of aromatic nitrogens is 4. The first-order chi connectivity index (χ1) is 15.0. The number of hydrogen-bond acceptors (Lipinski definition) is 6. The fourth-order valence-electron chi connectivity index (χ4n) is 3.33. The Labute approximate surface area is 183 Å². The second-order valence-corrected chi connectivity index (χ2v) is 7.26. The molecule has 158 valence electrons. The van der Waals surface area contributed by atoms with Crippen molar-refractivity contribution in [1.82, 2.24) is 19.8 Å². The molecule has 0 aliphatic heterocycles. The average Bonchev–Trinajstić information content (AvgIpc) is 3.13. The van der Waals surface area contributed by atoms with Crippen LogP contribution in [-0.2, 0) is 11.3 Å². The van der Waals surface area contributed by atoms with Crippen LogP contribution in [-0.4, -0.2) is 39.9 Å². The highest BCUT2D eigenvalue weighted by atomic mass is 35.5. The number of ether oxygens (including phenoxy) is 2. The zero-order valence-electron chi connectivity index (χ0n) is 17.2. The van der Waals surface area contributed by atoms with Gasteiger partial charge in [0.1, 0.15) is 5.75 Å². The Bertz CT molecular complexity index is 1270. The SMILES string of the molecule is COCc1nn2c(C)c(C(=O)Nc3cccc(OC)c3)nnc2c1-c1cccc(Cl)c1. The fraction of sp³-hybridized carbons (Fsp3) is 0.182. The Hall–Kier alpha value is -3.49. The van der Waals surface area contributed by atoms with Gasteiger partial charge in [0, 0.05) is 23.9 Å². The van der Waals surface area contributed by atoms with Crippen molar-refractivity contribution in [3.63, 3.8) is 0 Å². The second kappa shape index (κ2) is 8.71. The van der Waals surface area contributed by atoms with E-state index in [1.807, 2.05) is 18.2 Å². The highest BCUT2D eigenvalue weighted by Crippen LogP contribution is 2.30. The number of amides is 1. The largest absolute Gasteiger partial charge is 0.497 e. The Kier molecular flexibility index (Phi) is 5.83. The number of nitrogens with one attached hydrogen (secondary N) is 1. The van der Waals surface area contributed by atoms with Gasteiger partial charge in [-0.2, -0.15) is 5.10 Å². The van der Waals surface area contributed by atoms with Crippen molar-refractivity contribution in [2.75, 3.05) is 19.5 Å². The van der Waals surface area contributed by atoms with Crippen LogP contribution < -0.4 is 10.1 Å². The number of rotatable bonds is 6. The summed E-state index contributed by atoms with van der Waals surface area (Å²) in [6, 6.07) is 14.5. The smallest absolute Gasteiger partial charge is 0.278 e. The predicted molar refractivity (Wildman–Crippen MR) is 118 cm³/mol. The first-order valence-corrected chi connectivity index (χ1v) is 9.84. The Balaban J connectivity index is 1.77. The lowest BCUT2D eigenvalue weighted by atomic mass is 10.1. The van der Waals surface area contributed by atoms with Crippen LogP contribution in [0.25, 0.3) is 16.8 Å². The molecular formula is C22H20ClN5O3. The molecule has 8 nitrogen and oxygen atoms in total.